The SMILES string of the molecule is CC(C)(Nc1ccc2nnnn2n1)C1CC1. The molecule has 16 heavy (non-hydrogen) atoms. The lowest BCUT2D eigenvalue weighted by atomic mass is 9.99. The van der Waals surface area contributed by atoms with Crippen LogP contribution in [0.2, 0.25) is 0 Å². The Labute approximate surface area is 93.0 Å². The molecule has 6 nitrogen and oxygen atoms in total. The van der Waals surface area contributed by atoms with E-state index in [-0.39, 0.29) is 5.54 Å². The van der Waals surface area contributed by atoms with Gasteiger partial charge in [-0.25, -0.2) is 0 Å². The van der Waals surface area contributed by atoms with Gasteiger partial charge in [0.1, 0.15) is 5.82 Å². The Morgan fingerprint density at radius 2 is 2.19 bits per heavy atom. The number of tetrazole rings is 1. The molecule has 1 aliphatic rings. The molecule has 3 rings (SSSR count). The molecule has 84 valence electrons. The van der Waals surface area contributed by atoms with Crippen molar-refractivity contribution < 1.29 is 0 Å². The highest BCUT2D eigenvalue weighted by molar-refractivity contribution is 5.43. The Kier molecular flexibility index (Phi) is 1.86. The lowest BCUT2D eigenvalue weighted by Crippen LogP contribution is -2.33. The van der Waals surface area contributed by atoms with Crippen LogP contribution >= 0.6 is 0 Å². The third kappa shape index (κ3) is 1.60. The number of nitrogens with zero attached hydrogens (tertiary/aromatic N) is 5. The molecule has 1 fully saturated rings. The minimum atomic E-state index is 0.0920. The summed E-state index contributed by atoms with van der Waals surface area (Å²) in [5.41, 5.74) is 0.754. The number of hydrogen-bond donors (Lipinski definition) is 1. The van der Waals surface area contributed by atoms with Crippen molar-refractivity contribution >= 4 is 11.5 Å². The van der Waals surface area contributed by atoms with E-state index in [1.54, 1.807) is 0 Å². The summed E-state index contributed by atoms with van der Waals surface area (Å²) in [6.07, 6.45) is 2.60. The van der Waals surface area contributed by atoms with E-state index in [0.717, 1.165) is 11.7 Å². The average molecular weight is 218 g/mol. The van der Waals surface area contributed by atoms with Gasteiger partial charge in [-0.05, 0) is 55.2 Å². The van der Waals surface area contributed by atoms with E-state index in [9.17, 15) is 0 Å². The van der Waals surface area contributed by atoms with Crippen molar-refractivity contribution in [2.24, 2.45) is 5.92 Å². The monoisotopic (exact) mass is 218 g/mol. The van der Waals surface area contributed by atoms with E-state index in [1.165, 1.54) is 17.5 Å². The molecule has 0 amide bonds. The zero-order valence-corrected chi connectivity index (χ0v) is 9.38. The number of anilines is 1. The molecule has 2 aromatic heterocycles. The molecule has 0 bridgehead atoms. The lowest BCUT2D eigenvalue weighted by Gasteiger charge is -2.26. The maximum atomic E-state index is 4.30. The van der Waals surface area contributed by atoms with Crippen molar-refractivity contribution in [2.75, 3.05) is 5.32 Å². The summed E-state index contributed by atoms with van der Waals surface area (Å²) in [5.74, 6) is 1.57. The third-order valence-electron chi connectivity index (χ3n) is 3.12. The van der Waals surface area contributed by atoms with Crippen molar-refractivity contribution in [1.82, 2.24) is 25.3 Å². The first kappa shape index (κ1) is 9.50. The molecule has 1 N–H and O–H groups in total. The van der Waals surface area contributed by atoms with Crippen LogP contribution in [0.15, 0.2) is 12.1 Å². The van der Waals surface area contributed by atoms with Crippen LogP contribution in [-0.4, -0.2) is 30.8 Å². The Bertz CT molecular complexity index is 513. The predicted molar refractivity (Wildman–Crippen MR) is 59.0 cm³/mol. The fourth-order valence-electron chi connectivity index (χ4n) is 1.95. The largest absolute Gasteiger partial charge is 0.363 e. The van der Waals surface area contributed by atoms with E-state index in [2.05, 4.69) is 39.8 Å². The van der Waals surface area contributed by atoms with Gasteiger partial charge in [-0.3, -0.25) is 0 Å². The second-order valence-electron chi connectivity index (χ2n) is 4.87. The van der Waals surface area contributed by atoms with Gasteiger partial charge in [-0.1, -0.05) is 0 Å². The molecule has 2 aromatic rings. The number of rotatable bonds is 3. The smallest absolute Gasteiger partial charge is 0.200 e. The summed E-state index contributed by atoms with van der Waals surface area (Å²) in [6, 6.07) is 3.77. The van der Waals surface area contributed by atoms with E-state index < -0.39 is 0 Å². The highest BCUT2D eigenvalue weighted by atomic mass is 15.6. The number of aromatic nitrogens is 5. The Balaban J connectivity index is 1.88. The van der Waals surface area contributed by atoms with E-state index in [1.807, 2.05) is 12.1 Å². The van der Waals surface area contributed by atoms with E-state index in [4.69, 9.17) is 0 Å². The average Bonchev–Trinajstić information content (AvgIpc) is 2.99. The van der Waals surface area contributed by atoms with Gasteiger partial charge < -0.3 is 5.32 Å². The summed E-state index contributed by atoms with van der Waals surface area (Å²) in [7, 11) is 0. The summed E-state index contributed by atoms with van der Waals surface area (Å²) >= 11 is 0. The molecule has 2 heterocycles. The van der Waals surface area contributed by atoms with Crippen molar-refractivity contribution in [1.29, 1.82) is 0 Å². The van der Waals surface area contributed by atoms with Crippen LogP contribution < -0.4 is 5.32 Å². The maximum absolute atomic E-state index is 4.30. The minimum absolute atomic E-state index is 0.0920. The third-order valence-corrected chi connectivity index (χ3v) is 3.12. The molecule has 0 unspecified atom stereocenters. The van der Waals surface area contributed by atoms with Crippen LogP contribution in [-0.2, 0) is 0 Å². The number of fused-ring (bicyclic) bond motifs is 1. The Morgan fingerprint density at radius 1 is 1.38 bits per heavy atom. The first-order chi connectivity index (χ1) is 7.65. The second kappa shape index (κ2) is 3.13. The van der Waals surface area contributed by atoms with Crippen LogP contribution in [0, 0.1) is 5.92 Å². The first-order valence-electron chi connectivity index (χ1n) is 5.49. The van der Waals surface area contributed by atoms with Gasteiger partial charge in [0.25, 0.3) is 0 Å². The summed E-state index contributed by atoms with van der Waals surface area (Å²) in [6.45, 7) is 4.41. The van der Waals surface area contributed by atoms with Gasteiger partial charge in [0.2, 0.25) is 0 Å². The van der Waals surface area contributed by atoms with Gasteiger partial charge in [-0.2, -0.15) is 0 Å². The fraction of sp³-hybridized carbons (Fsp3) is 0.600. The van der Waals surface area contributed by atoms with Gasteiger partial charge in [0.15, 0.2) is 5.65 Å². The second-order valence-corrected chi connectivity index (χ2v) is 4.87. The van der Waals surface area contributed by atoms with Crippen molar-refractivity contribution in [2.45, 2.75) is 32.2 Å². The molecule has 0 aliphatic heterocycles. The Hall–Kier alpha value is -1.72. The zero-order valence-electron chi connectivity index (χ0n) is 9.38. The summed E-state index contributed by atoms with van der Waals surface area (Å²) in [4.78, 5) is 0. The van der Waals surface area contributed by atoms with Gasteiger partial charge >= 0.3 is 0 Å². The van der Waals surface area contributed by atoms with Crippen LogP contribution in [0.3, 0.4) is 0 Å². The van der Waals surface area contributed by atoms with Crippen LogP contribution in [0.25, 0.3) is 5.65 Å². The summed E-state index contributed by atoms with van der Waals surface area (Å²) in [5, 5.41) is 18.9. The highest BCUT2D eigenvalue weighted by Crippen LogP contribution is 2.40. The Morgan fingerprint density at radius 3 is 2.94 bits per heavy atom. The fourth-order valence-corrected chi connectivity index (χ4v) is 1.95. The molecule has 0 aromatic carbocycles. The first-order valence-corrected chi connectivity index (χ1v) is 5.49. The normalized spacial score (nSPS) is 16.6. The quantitative estimate of drug-likeness (QED) is 0.836. The zero-order chi connectivity index (χ0) is 11.2. The molecule has 0 spiro atoms. The lowest BCUT2D eigenvalue weighted by molar-refractivity contribution is 0.490. The molecule has 0 atom stereocenters. The number of nitrogens with one attached hydrogen (secondary N) is 1. The molecule has 1 saturated carbocycles. The van der Waals surface area contributed by atoms with Crippen molar-refractivity contribution in [3.63, 3.8) is 0 Å². The maximum Gasteiger partial charge on any atom is 0.200 e. The highest BCUT2D eigenvalue weighted by Gasteiger charge is 2.37. The van der Waals surface area contributed by atoms with E-state index >= 15 is 0 Å². The van der Waals surface area contributed by atoms with Crippen LogP contribution in [0.1, 0.15) is 26.7 Å². The molecule has 1 aliphatic carbocycles. The molecule has 0 radical (unpaired) electrons. The van der Waals surface area contributed by atoms with E-state index in [0.29, 0.717) is 5.65 Å². The van der Waals surface area contributed by atoms with Crippen LogP contribution in [0.5, 0.6) is 0 Å². The summed E-state index contributed by atoms with van der Waals surface area (Å²) < 4.78 is 1.44. The molecular weight excluding hydrogens is 204 g/mol. The van der Waals surface area contributed by atoms with Crippen molar-refractivity contribution in [3.8, 4) is 0 Å². The predicted octanol–water partition coefficient (Wildman–Crippen LogP) is 1.12. The molecular formula is C10H14N6. The number of hydrogen-bond acceptors (Lipinski definition) is 5. The topological polar surface area (TPSA) is 68.0 Å². The van der Waals surface area contributed by atoms with Crippen molar-refractivity contribution in [3.05, 3.63) is 12.1 Å². The minimum Gasteiger partial charge on any atom is -0.363 e. The van der Waals surface area contributed by atoms with Gasteiger partial charge in [-0.15, -0.1) is 14.8 Å². The van der Waals surface area contributed by atoms with Gasteiger partial charge in [0, 0.05) is 5.54 Å². The molecule has 6 heteroatoms. The van der Waals surface area contributed by atoms with Crippen LogP contribution in [0.4, 0.5) is 5.82 Å². The standard InChI is InChI=1S/C10H14N6/c1-10(2,7-3-4-7)11-8-5-6-9-12-14-15-16(9)13-8/h5-7H,3-4H2,1-2H3,(H,11,13). The van der Waals surface area contributed by atoms with Gasteiger partial charge in [0.05, 0.1) is 0 Å². The molecule has 0 saturated heterocycles.